The predicted octanol–water partition coefficient (Wildman–Crippen LogP) is 3.44. The van der Waals surface area contributed by atoms with E-state index in [1.807, 2.05) is 36.4 Å². The van der Waals surface area contributed by atoms with Crippen LogP contribution in [0.3, 0.4) is 0 Å². The van der Waals surface area contributed by atoms with Crippen LogP contribution in [0.25, 0.3) is 6.08 Å². The first kappa shape index (κ1) is 17.5. The first-order valence-electron chi connectivity index (χ1n) is 7.56. The van der Waals surface area contributed by atoms with Crippen molar-refractivity contribution < 1.29 is 13.9 Å². The molecule has 0 spiro atoms. The quantitative estimate of drug-likeness (QED) is 0.413. The Morgan fingerprint density at radius 1 is 1.21 bits per heavy atom. The zero-order valence-electron chi connectivity index (χ0n) is 13.2. The first-order valence-corrected chi connectivity index (χ1v) is 7.56. The fourth-order valence-corrected chi connectivity index (χ4v) is 2.00. The van der Waals surface area contributed by atoms with Crippen LogP contribution < -0.4 is 16.6 Å². The molecule has 0 aliphatic heterocycles. The number of alkyl carbamates (subject to hydrolysis) is 1. The maximum absolute atomic E-state index is 13.5. The SMILES string of the molecule is NNc1ccc(C=CCCNC(=O)OCc2ccccc2)cc1F. The number of rotatable bonds is 7. The number of carbonyl (C=O) groups is 1. The molecule has 0 saturated heterocycles. The summed E-state index contributed by atoms with van der Waals surface area (Å²) >= 11 is 0. The third-order valence-corrected chi connectivity index (χ3v) is 3.25. The van der Waals surface area contributed by atoms with Gasteiger partial charge >= 0.3 is 6.09 Å². The Labute approximate surface area is 140 Å². The second-order valence-corrected chi connectivity index (χ2v) is 5.06. The van der Waals surface area contributed by atoms with Crippen LogP contribution in [-0.4, -0.2) is 12.6 Å². The van der Waals surface area contributed by atoms with Gasteiger partial charge in [0.1, 0.15) is 12.4 Å². The second-order valence-electron chi connectivity index (χ2n) is 5.06. The molecule has 0 aliphatic carbocycles. The zero-order chi connectivity index (χ0) is 17.2. The zero-order valence-corrected chi connectivity index (χ0v) is 13.2. The van der Waals surface area contributed by atoms with Gasteiger partial charge < -0.3 is 15.5 Å². The molecule has 126 valence electrons. The molecule has 0 unspecified atom stereocenters. The van der Waals surface area contributed by atoms with Crippen LogP contribution in [0.4, 0.5) is 14.9 Å². The topological polar surface area (TPSA) is 76.4 Å². The van der Waals surface area contributed by atoms with Crippen LogP contribution in [0, 0.1) is 5.82 Å². The monoisotopic (exact) mass is 329 g/mol. The summed E-state index contributed by atoms with van der Waals surface area (Å²) in [5.74, 6) is 4.76. The van der Waals surface area contributed by atoms with Gasteiger partial charge in [0, 0.05) is 6.54 Å². The largest absolute Gasteiger partial charge is 0.445 e. The molecule has 0 bridgehead atoms. The molecule has 4 N–H and O–H groups in total. The minimum Gasteiger partial charge on any atom is -0.445 e. The molecule has 2 aromatic carbocycles. The highest BCUT2D eigenvalue weighted by molar-refractivity contribution is 5.67. The average Bonchev–Trinajstić information content (AvgIpc) is 2.61. The van der Waals surface area contributed by atoms with E-state index in [0.29, 0.717) is 13.0 Å². The van der Waals surface area contributed by atoms with Gasteiger partial charge in [0.15, 0.2) is 0 Å². The van der Waals surface area contributed by atoms with E-state index in [9.17, 15) is 9.18 Å². The minimum absolute atomic E-state index is 0.239. The van der Waals surface area contributed by atoms with Gasteiger partial charge in [0.05, 0.1) is 5.69 Å². The van der Waals surface area contributed by atoms with Crippen LogP contribution in [0.1, 0.15) is 17.5 Å². The lowest BCUT2D eigenvalue weighted by Gasteiger charge is -2.06. The summed E-state index contributed by atoms with van der Waals surface area (Å²) in [6.07, 6.45) is 3.78. The maximum atomic E-state index is 13.5. The summed E-state index contributed by atoms with van der Waals surface area (Å²) in [5, 5.41) is 2.66. The van der Waals surface area contributed by atoms with E-state index in [4.69, 9.17) is 10.6 Å². The van der Waals surface area contributed by atoms with E-state index in [-0.39, 0.29) is 12.3 Å². The van der Waals surface area contributed by atoms with Crippen molar-refractivity contribution in [3.63, 3.8) is 0 Å². The number of nitrogens with one attached hydrogen (secondary N) is 2. The van der Waals surface area contributed by atoms with Gasteiger partial charge in [-0.05, 0) is 29.7 Å². The van der Waals surface area contributed by atoms with Crippen molar-refractivity contribution in [1.29, 1.82) is 0 Å². The Balaban J connectivity index is 1.66. The van der Waals surface area contributed by atoms with E-state index in [1.165, 1.54) is 6.07 Å². The number of hydrogen-bond donors (Lipinski definition) is 3. The summed E-state index contributed by atoms with van der Waals surface area (Å²) in [6, 6.07) is 14.2. The molecule has 0 fully saturated rings. The molecule has 0 atom stereocenters. The van der Waals surface area contributed by atoms with Crippen LogP contribution in [0.2, 0.25) is 0 Å². The lowest BCUT2D eigenvalue weighted by molar-refractivity contribution is 0.140. The number of hydrazine groups is 1. The number of amides is 1. The fourth-order valence-electron chi connectivity index (χ4n) is 2.00. The summed E-state index contributed by atoms with van der Waals surface area (Å²) in [7, 11) is 0. The van der Waals surface area contributed by atoms with Crippen LogP contribution in [0.5, 0.6) is 0 Å². The molecule has 0 heterocycles. The Morgan fingerprint density at radius 3 is 2.71 bits per heavy atom. The van der Waals surface area contributed by atoms with E-state index in [1.54, 1.807) is 18.2 Å². The Bertz CT molecular complexity index is 690. The third-order valence-electron chi connectivity index (χ3n) is 3.25. The van der Waals surface area contributed by atoms with Gasteiger partial charge in [0.25, 0.3) is 0 Å². The number of carbonyl (C=O) groups excluding carboxylic acids is 1. The lowest BCUT2D eigenvalue weighted by Crippen LogP contribution is -2.24. The normalized spacial score (nSPS) is 10.6. The summed E-state index contributed by atoms with van der Waals surface area (Å²) < 4.78 is 18.6. The summed E-state index contributed by atoms with van der Waals surface area (Å²) in [6.45, 7) is 0.679. The molecule has 2 aromatic rings. The Morgan fingerprint density at radius 2 is 2.00 bits per heavy atom. The molecule has 5 nitrogen and oxygen atoms in total. The van der Waals surface area contributed by atoms with Gasteiger partial charge in [-0.2, -0.15) is 0 Å². The molecule has 0 radical (unpaired) electrons. The number of benzene rings is 2. The average molecular weight is 329 g/mol. The standard InChI is InChI=1S/C18H20FN3O2/c19-16-12-14(9-10-17(16)22-20)6-4-5-11-21-18(23)24-13-15-7-2-1-3-8-15/h1-4,6-10,12,22H,5,11,13,20H2,(H,21,23). The van der Waals surface area contributed by atoms with Crippen LogP contribution >= 0.6 is 0 Å². The van der Waals surface area contributed by atoms with Crippen molar-refractivity contribution in [2.75, 3.05) is 12.0 Å². The van der Waals surface area contributed by atoms with Crippen molar-refractivity contribution in [2.45, 2.75) is 13.0 Å². The lowest BCUT2D eigenvalue weighted by atomic mass is 10.1. The second kappa shape index (κ2) is 9.32. The highest BCUT2D eigenvalue weighted by atomic mass is 19.1. The number of hydrogen-bond acceptors (Lipinski definition) is 4. The molecule has 1 amide bonds. The summed E-state index contributed by atoms with van der Waals surface area (Å²) in [4.78, 5) is 11.5. The molecular weight excluding hydrogens is 309 g/mol. The van der Waals surface area contributed by atoms with E-state index < -0.39 is 11.9 Å². The van der Waals surface area contributed by atoms with Crippen LogP contribution in [-0.2, 0) is 11.3 Å². The molecule has 24 heavy (non-hydrogen) atoms. The number of halogens is 1. The molecular formula is C18H20FN3O2. The number of anilines is 1. The van der Waals surface area contributed by atoms with Gasteiger partial charge in [-0.1, -0.05) is 48.6 Å². The number of nitrogens with two attached hydrogens (primary N) is 1. The van der Waals surface area contributed by atoms with Crippen molar-refractivity contribution in [2.24, 2.45) is 5.84 Å². The molecule has 6 heteroatoms. The minimum atomic E-state index is -0.461. The highest BCUT2D eigenvalue weighted by Gasteiger charge is 2.01. The van der Waals surface area contributed by atoms with E-state index >= 15 is 0 Å². The highest BCUT2D eigenvalue weighted by Crippen LogP contribution is 2.15. The van der Waals surface area contributed by atoms with Gasteiger partial charge in [-0.15, -0.1) is 0 Å². The third kappa shape index (κ3) is 5.73. The predicted molar refractivity (Wildman–Crippen MR) is 92.5 cm³/mol. The van der Waals surface area contributed by atoms with Crippen LogP contribution in [0.15, 0.2) is 54.6 Å². The molecule has 0 aliphatic rings. The molecule has 2 rings (SSSR count). The molecule has 0 saturated carbocycles. The van der Waals surface area contributed by atoms with E-state index in [2.05, 4.69) is 10.7 Å². The fraction of sp³-hybridized carbons (Fsp3) is 0.167. The Kier molecular flexibility index (Phi) is 6.79. The van der Waals surface area contributed by atoms with Crippen molar-refractivity contribution in [3.8, 4) is 0 Å². The van der Waals surface area contributed by atoms with Crippen molar-refractivity contribution in [3.05, 3.63) is 71.6 Å². The molecule has 0 aromatic heterocycles. The number of nitrogen functional groups attached to an aromatic ring is 1. The van der Waals surface area contributed by atoms with Gasteiger partial charge in [-0.25, -0.2) is 9.18 Å². The van der Waals surface area contributed by atoms with Gasteiger partial charge in [0.2, 0.25) is 0 Å². The van der Waals surface area contributed by atoms with E-state index in [0.717, 1.165) is 11.1 Å². The van der Waals surface area contributed by atoms with Crippen molar-refractivity contribution >= 4 is 17.9 Å². The summed E-state index contributed by atoms with van der Waals surface area (Å²) in [5.41, 5.74) is 4.18. The first-order chi connectivity index (χ1) is 11.7. The maximum Gasteiger partial charge on any atom is 0.407 e. The van der Waals surface area contributed by atoms with Gasteiger partial charge in [-0.3, -0.25) is 5.84 Å². The Hall–Kier alpha value is -2.86. The number of ether oxygens (including phenoxy) is 1. The van der Waals surface area contributed by atoms with Crippen molar-refractivity contribution in [1.82, 2.24) is 5.32 Å². The smallest absolute Gasteiger partial charge is 0.407 e.